The molecule has 1 unspecified atom stereocenters. The molecule has 1 aromatic heterocycles. The lowest BCUT2D eigenvalue weighted by molar-refractivity contribution is 0.0468. The van der Waals surface area contributed by atoms with Crippen molar-refractivity contribution in [2.75, 3.05) is 39.5 Å². The summed E-state index contributed by atoms with van der Waals surface area (Å²) in [5, 5.41) is 6.83. The first-order valence-corrected chi connectivity index (χ1v) is 10.6. The van der Waals surface area contributed by atoms with Crippen LogP contribution in [0.25, 0.3) is 0 Å². The first-order valence-electron chi connectivity index (χ1n) is 10.6. The Balaban J connectivity index is 1.38. The van der Waals surface area contributed by atoms with E-state index in [1.807, 2.05) is 12.1 Å². The van der Waals surface area contributed by atoms with Gasteiger partial charge in [-0.15, -0.1) is 0 Å². The quantitative estimate of drug-likeness (QED) is 0.299. The van der Waals surface area contributed by atoms with E-state index >= 15 is 0 Å². The third-order valence-electron chi connectivity index (χ3n) is 5.33. The molecule has 0 radical (unpaired) electrons. The van der Waals surface area contributed by atoms with Crippen molar-refractivity contribution in [2.45, 2.75) is 57.5 Å². The molecule has 0 amide bonds. The van der Waals surface area contributed by atoms with Gasteiger partial charge in [-0.05, 0) is 31.4 Å². The van der Waals surface area contributed by atoms with Crippen LogP contribution in [0.2, 0.25) is 0 Å². The number of rotatable bonds is 9. The Bertz CT molecular complexity index is 519. The zero-order valence-electron chi connectivity index (χ0n) is 16.5. The summed E-state index contributed by atoms with van der Waals surface area (Å²) in [5.41, 5.74) is 0. The molecule has 1 aromatic rings. The van der Waals surface area contributed by atoms with Crippen molar-refractivity contribution in [1.29, 1.82) is 0 Å². The zero-order chi connectivity index (χ0) is 18.6. The van der Waals surface area contributed by atoms with E-state index < -0.39 is 0 Å². The number of ether oxygens (including phenoxy) is 2. The van der Waals surface area contributed by atoms with Gasteiger partial charge in [0, 0.05) is 38.6 Å². The van der Waals surface area contributed by atoms with Gasteiger partial charge in [-0.2, -0.15) is 0 Å². The third kappa shape index (κ3) is 7.93. The third-order valence-corrected chi connectivity index (χ3v) is 5.33. The topological polar surface area (TPSA) is 68.0 Å². The summed E-state index contributed by atoms with van der Waals surface area (Å²) in [4.78, 5) is 4.75. The van der Waals surface area contributed by atoms with Gasteiger partial charge in [-0.3, -0.25) is 4.99 Å². The monoisotopic (exact) mass is 377 g/mol. The summed E-state index contributed by atoms with van der Waals surface area (Å²) >= 11 is 0. The van der Waals surface area contributed by atoms with Crippen LogP contribution < -0.4 is 10.6 Å². The molecule has 0 spiro atoms. The Labute approximate surface area is 163 Å². The lowest BCUT2D eigenvalue weighted by Gasteiger charge is -2.17. The highest BCUT2D eigenvalue weighted by Gasteiger charge is 2.15. The van der Waals surface area contributed by atoms with Crippen molar-refractivity contribution in [3.63, 3.8) is 0 Å². The number of hydrogen-bond acceptors (Lipinski definition) is 4. The zero-order valence-corrected chi connectivity index (χ0v) is 16.5. The largest absolute Gasteiger partial charge is 0.469 e. The molecule has 6 heteroatoms. The highest BCUT2D eigenvalue weighted by molar-refractivity contribution is 5.79. The fourth-order valence-corrected chi connectivity index (χ4v) is 3.68. The van der Waals surface area contributed by atoms with Gasteiger partial charge < -0.3 is 24.5 Å². The van der Waals surface area contributed by atoms with Crippen molar-refractivity contribution in [3.8, 4) is 0 Å². The highest BCUT2D eigenvalue weighted by atomic mass is 16.5. The molecule has 1 saturated heterocycles. The normalized spacial score (nSPS) is 21.9. The van der Waals surface area contributed by atoms with Crippen molar-refractivity contribution >= 4 is 5.96 Å². The molecule has 2 heterocycles. The molecule has 0 aromatic carbocycles. The van der Waals surface area contributed by atoms with Crippen LogP contribution in [0, 0.1) is 5.92 Å². The minimum Gasteiger partial charge on any atom is -0.469 e. The van der Waals surface area contributed by atoms with E-state index in [2.05, 4.69) is 10.6 Å². The lowest BCUT2D eigenvalue weighted by Crippen LogP contribution is -2.40. The molecule has 1 aliphatic carbocycles. The first-order chi connectivity index (χ1) is 13.4. The molecule has 152 valence electrons. The SMILES string of the molecule is c1coc(CCNC(=NCC2CCOC2)NCCOC2CCCCCC2)c1. The van der Waals surface area contributed by atoms with Crippen LogP contribution in [-0.2, 0) is 15.9 Å². The predicted molar refractivity (Wildman–Crippen MR) is 107 cm³/mol. The second kappa shape index (κ2) is 12.0. The summed E-state index contributed by atoms with van der Waals surface area (Å²) in [5.74, 6) is 2.39. The molecular weight excluding hydrogens is 342 g/mol. The summed E-state index contributed by atoms with van der Waals surface area (Å²) in [6, 6.07) is 3.93. The standard InChI is InChI=1S/C21H35N3O3/c1-2-4-7-19(6-3-1)27-15-12-23-21(24-16-18-10-14-25-17-18)22-11-9-20-8-5-13-26-20/h5,8,13,18-19H,1-4,6-7,9-12,14-17H2,(H2,22,23,24). The van der Waals surface area contributed by atoms with Crippen LogP contribution in [0.5, 0.6) is 0 Å². The molecule has 2 aliphatic rings. The van der Waals surface area contributed by atoms with E-state index in [1.54, 1.807) is 6.26 Å². The Morgan fingerprint density at radius 1 is 1.11 bits per heavy atom. The predicted octanol–water partition coefficient (Wildman–Crippen LogP) is 3.13. The van der Waals surface area contributed by atoms with Gasteiger partial charge in [0.2, 0.25) is 0 Å². The van der Waals surface area contributed by atoms with E-state index in [0.29, 0.717) is 12.0 Å². The van der Waals surface area contributed by atoms with Crippen molar-refractivity contribution in [2.24, 2.45) is 10.9 Å². The molecule has 1 atom stereocenters. The van der Waals surface area contributed by atoms with Crippen LogP contribution in [0.3, 0.4) is 0 Å². The second-order valence-electron chi connectivity index (χ2n) is 7.59. The Morgan fingerprint density at radius 3 is 2.70 bits per heavy atom. The van der Waals surface area contributed by atoms with E-state index in [-0.39, 0.29) is 0 Å². The number of furan rings is 1. The average molecular weight is 378 g/mol. The summed E-state index contributed by atoms with van der Waals surface area (Å²) in [6.07, 6.45) is 11.9. The van der Waals surface area contributed by atoms with Crippen molar-refractivity contribution in [1.82, 2.24) is 10.6 Å². The highest BCUT2D eigenvalue weighted by Crippen LogP contribution is 2.19. The minimum atomic E-state index is 0.442. The Morgan fingerprint density at radius 2 is 1.96 bits per heavy atom. The van der Waals surface area contributed by atoms with Crippen LogP contribution in [0.1, 0.15) is 50.7 Å². The van der Waals surface area contributed by atoms with E-state index in [9.17, 15) is 0 Å². The summed E-state index contributed by atoms with van der Waals surface area (Å²) in [7, 11) is 0. The van der Waals surface area contributed by atoms with Crippen LogP contribution in [-0.4, -0.2) is 51.5 Å². The van der Waals surface area contributed by atoms with Gasteiger partial charge in [0.1, 0.15) is 5.76 Å². The lowest BCUT2D eigenvalue weighted by atomic mass is 10.1. The van der Waals surface area contributed by atoms with E-state index in [1.165, 1.54) is 38.5 Å². The molecule has 6 nitrogen and oxygen atoms in total. The minimum absolute atomic E-state index is 0.442. The van der Waals surface area contributed by atoms with Crippen molar-refractivity contribution < 1.29 is 13.9 Å². The van der Waals surface area contributed by atoms with Crippen LogP contribution in [0.4, 0.5) is 0 Å². The van der Waals surface area contributed by atoms with Gasteiger partial charge >= 0.3 is 0 Å². The Hall–Kier alpha value is -1.53. The fourth-order valence-electron chi connectivity index (χ4n) is 3.68. The smallest absolute Gasteiger partial charge is 0.191 e. The number of nitrogens with one attached hydrogen (secondary N) is 2. The van der Waals surface area contributed by atoms with Crippen molar-refractivity contribution in [3.05, 3.63) is 24.2 Å². The van der Waals surface area contributed by atoms with E-state index in [0.717, 1.165) is 64.0 Å². The molecular formula is C21H35N3O3. The molecule has 27 heavy (non-hydrogen) atoms. The maximum Gasteiger partial charge on any atom is 0.191 e. The molecule has 2 fully saturated rings. The number of nitrogens with zero attached hydrogens (tertiary/aromatic N) is 1. The maximum atomic E-state index is 6.07. The van der Waals surface area contributed by atoms with Gasteiger partial charge in [-0.1, -0.05) is 25.7 Å². The van der Waals surface area contributed by atoms with Gasteiger partial charge in [-0.25, -0.2) is 0 Å². The molecule has 1 saturated carbocycles. The Kier molecular flexibility index (Phi) is 9.01. The number of hydrogen-bond donors (Lipinski definition) is 2. The van der Waals surface area contributed by atoms with E-state index in [4.69, 9.17) is 18.9 Å². The maximum absolute atomic E-state index is 6.07. The molecule has 2 N–H and O–H groups in total. The fraction of sp³-hybridized carbons (Fsp3) is 0.762. The second-order valence-corrected chi connectivity index (χ2v) is 7.59. The van der Waals surface area contributed by atoms with Gasteiger partial charge in [0.25, 0.3) is 0 Å². The summed E-state index contributed by atoms with van der Waals surface area (Å²) < 4.78 is 16.9. The van der Waals surface area contributed by atoms with Crippen LogP contribution in [0.15, 0.2) is 27.8 Å². The molecule has 3 rings (SSSR count). The number of aliphatic imine (C=N–C) groups is 1. The molecule has 1 aliphatic heterocycles. The van der Waals surface area contributed by atoms with Gasteiger partial charge in [0.05, 0.1) is 25.6 Å². The average Bonchev–Trinajstić information content (AvgIpc) is 3.33. The summed E-state index contributed by atoms with van der Waals surface area (Å²) in [6.45, 7) is 4.81. The molecule has 0 bridgehead atoms. The van der Waals surface area contributed by atoms with Crippen LogP contribution >= 0.6 is 0 Å². The first kappa shape index (κ1) is 20.2. The van der Waals surface area contributed by atoms with Gasteiger partial charge in [0.15, 0.2) is 5.96 Å². The number of guanidine groups is 1.